The molecular formula is C25H28N2O6S. The van der Waals surface area contributed by atoms with E-state index in [1.165, 1.54) is 12.3 Å². The van der Waals surface area contributed by atoms with Gasteiger partial charge in [0.25, 0.3) is 0 Å². The van der Waals surface area contributed by atoms with Crippen molar-refractivity contribution >= 4 is 28.9 Å². The van der Waals surface area contributed by atoms with Gasteiger partial charge < -0.3 is 19.7 Å². The quantitative estimate of drug-likeness (QED) is 0.387. The fraction of sp³-hybridized carbons (Fsp3) is 0.320. The van der Waals surface area contributed by atoms with Crippen LogP contribution in [0.5, 0.6) is 5.75 Å². The molecule has 1 aromatic carbocycles. The first-order valence-corrected chi connectivity index (χ1v) is 11.6. The van der Waals surface area contributed by atoms with Gasteiger partial charge in [-0.2, -0.15) is 0 Å². The molecule has 0 bridgehead atoms. The molecule has 2 heterocycles. The highest BCUT2D eigenvalue weighted by Crippen LogP contribution is 2.30. The smallest absolute Gasteiger partial charge is 0.412 e. The van der Waals surface area contributed by atoms with Crippen LogP contribution >= 0.6 is 11.3 Å². The number of aliphatic hydroxyl groups is 2. The predicted octanol–water partition coefficient (Wildman–Crippen LogP) is 4.31. The third kappa shape index (κ3) is 7.38. The maximum Gasteiger partial charge on any atom is 0.412 e. The molecule has 0 aliphatic heterocycles. The SMILES string of the molecule is CC(C)(C)OC(=O)Nc1ccc(-c2cccs2)cc1CC(=O)c1ccc(OC[C@H](O)CO)cn1. The van der Waals surface area contributed by atoms with Crippen LogP contribution in [0.4, 0.5) is 10.5 Å². The van der Waals surface area contributed by atoms with Crippen LogP contribution in [-0.4, -0.2) is 52.0 Å². The normalized spacial score (nSPS) is 12.1. The Labute approximate surface area is 202 Å². The van der Waals surface area contributed by atoms with Gasteiger partial charge in [-0.25, -0.2) is 9.78 Å². The zero-order valence-electron chi connectivity index (χ0n) is 19.3. The number of nitrogens with zero attached hydrogens (tertiary/aromatic N) is 1. The van der Waals surface area contributed by atoms with Crippen molar-refractivity contribution in [3.05, 3.63) is 65.3 Å². The number of hydrogen-bond donors (Lipinski definition) is 3. The number of rotatable bonds is 9. The maximum atomic E-state index is 13.0. The molecule has 0 unspecified atom stereocenters. The van der Waals surface area contributed by atoms with Crippen LogP contribution in [0.2, 0.25) is 0 Å². The van der Waals surface area contributed by atoms with Gasteiger partial charge in [-0.1, -0.05) is 12.1 Å². The number of aliphatic hydroxyl groups excluding tert-OH is 2. The number of nitrogens with one attached hydrogen (secondary N) is 1. The van der Waals surface area contributed by atoms with Crippen LogP contribution in [0.3, 0.4) is 0 Å². The number of ketones is 1. The lowest BCUT2D eigenvalue weighted by atomic mass is 10.0. The van der Waals surface area contributed by atoms with E-state index >= 15 is 0 Å². The molecule has 2 aromatic heterocycles. The number of amides is 1. The van der Waals surface area contributed by atoms with Crippen molar-refractivity contribution in [2.45, 2.75) is 38.9 Å². The molecule has 1 amide bonds. The second-order valence-corrected chi connectivity index (χ2v) is 9.55. The first-order valence-electron chi connectivity index (χ1n) is 10.7. The summed E-state index contributed by atoms with van der Waals surface area (Å²) in [6.45, 7) is 4.84. The molecule has 0 saturated carbocycles. The lowest BCUT2D eigenvalue weighted by Crippen LogP contribution is -2.27. The fourth-order valence-electron chi connectivity index (χ4n) is 3.01. The van der Waals surface area contributed by atoms with E-state index in [0.717, 1.165) is 10.4 Å². The molecule has 0 spiro atoms. The molecule has 9 heteroatoms. The average molecular weight is 485 g/mol. The van der Waals surface area contributed by atoms with Crippen LogP contribution < -0.4 is 10.1 Å². The molecule has 3 rings (SSSR count). The van der Waals surface area contributed by atoms with Gasteiger partial charge in [0.05, 0.1) is 12.8 Å². The predicted molar refractivity (Wildman–Crippen MR) is 130 cm³/mol. The fourth-order valence-corrected chi connectivity index (χ4v) is 3.73. The van der Waals surface area contributed by atoms with Crippen molar-refractivity contribution in [1.29, 1.82) is 0 Å². The summed E-state index contributed by atoms with van der Waals surface area (Å²) in [5, 5.41) is 23.0. The summed E-state index contributed by atoms with van der Waals surface area (Å²) in [6.07, 6.45) is -0.192. The first-order chi connectivity index (χ1) is 16.1. The molecule has 3 aromatic rings. The molecule has 34 heavy (non-hydrogen) atoms. The zero-order chi connectivity index (χ0) is 24.7. The maximum absolute atomic E-state index is 13.0. The molecule has 0 radical (unpaired) electrons. The lowest BCUT2D eigenvalue weighted by Gasteiger charge is -2.20. The Kier molecular flexibility index (Phi) is 8.38. The molecule has 180 valence electrons. The minimum Gasteiger partial charge on any atom is -0.489 e. The molecule has 0 aliphatic carbocycles. The van der Waals surface area contributed by atoms with Crippen LogP contribution in [0.15, 0.2) is 54.0 Å². The van der Waals surface area contributed by atoms with Gasteiger partial charge in [0.1, 0.15) is 29.8 Å². The Balaban J connectivity index is 1.79. The minimum absolute atomic E-state index is 0.0147. The molecule has 0 aliphatic rings. The van der Waals surface area contributed by atoms with Crippen LogP contribution in [0.25, 0.3) is 10.4 Å². The van der Waals surface area contributed by atoms with Gasteiger partial charge in [0.2, 0.25) is 0 Å². The molecule has 1 atom stereocenters. The zero-order valence-corrected chi connectivity index (χ0v) is 20.1. The Morgan fingerprint density at radius 2 is 1.97 bits per heavy atom. The van der Waals surface area contributed by atoms with Crippen molar-refractivity contribution in [1.82, 2.24) is 4.98 Å². The molecule has 0 saturated heterocycles. The van der Waals surface area contributed by atoms with Crippen molar-refractivity contribution in [2.75, 3.05) is 18.5 Å². The van der Waals surface area contributed by atoms with E-state index in [-0.39, 0.29) is 24.5 Å². The van der Waals surface area contributed by atoms with E-state index in [0.29, 0.717) is 17.0 Å². The standard InChI is InChI=1S/C25H28N2O6S/c1-25(2,3)33-24(31)27-20-8-6-16(23-5-4-10-34-23)11-17(20)12-22(30)21-9-7-19(13-26-21)32-15-18(29)14-28/h4-11,13,18,28-29H,12,14-15H2,1-3H3,(H,27,31)/t18-/m1/s1. The number of hydrogen-bond acceptors (Lipinski definition) is 8. The summed E-state index contributed by atoms with van der Waals surface area (Å²) in [6, 6.07) is 12.6. The largest absolute Gasteiger partial charge is 0.489 e. The summed E-state index contributed by atoms with van der Waals surface area (Å²) in [7, 11) is 0. The molecule has 8 nitrogen and oxygen atoms in total. The highest BCUT2D eigenvalue weighted by molar-refractivity contribution is 7.13. The Morgan fingerprint density at radius 1 is 1.18 bits per heavy atom. The van der Waals surface area contributed by atoms with E-state index in [1.54, 1.807) is 44.2 Å². The van der Waals surface area contributed by atoms with Crippen molar-refractivity contribution < 1.29 is 29.3 Å². The van der Waals surface area contributed by atoms with E-state index in [2.05, 4.69) is 10.3 Å². The summed E-state index contributed by atoms with van der Waals surface area (Å²) in [5.74, 6) is 0.133. The van der Waals surface area contributed by atoms with E-state index in [1.807, 2.05) is 29.6 Å². The second-order valence-electron chi connectivity index (χ2n) is 8.60. The summed E-state index contributed by atoms with van der Waals surface area (Å²) in [5.41, 5.74) is 1.64. The monoisotopic (exact) mass is 484 g/mol. The van der Waals surface area contributed by atoms with Crippen LogP contribution in [0, 0.1) is 0 Å². The highest BCUT2D eigenvalue weighted by Gasteiger charge is 2.19. The number of benzene rings is 1. The number of carbonyl (C=O) groups is 2. The van der Waals surface area contributed by atoms with E-state index in [4.69, 9.17) is 14.6 Å². The van der Waals surface area contributed by atoms with Gasteiger partial charge in [-0.05, 0) is 67.6 Å². The Morgan fingerprint density at radius 3 is 2.59 bits per heavy atom. The third-order valence-corrected chi connectivity index (χ3v) is 5.49. The van der Waals surface area contributed by atoms with Crippen molar-refractivity contribution in [3.8, 4) is 16.2 Å². The molecule has 0 fully saturated rings. The highest BCUT2D eigenvalue weighted by atomic mass is 32.1. The van der Waals surface area contributed by atoms with Gasteiger partial charge in [-0.3, -0.25) is 10.1 Å². The number of pyridine rings is 1. The van der Waals surface area contributed by atoms with Crippen LogP contribution in [0.1, 0.15) is 36.8 Å². The third-order valence-electron chi connectivity index (χ3n) is 4.57. The van der Waals surface area contributed by atoms with E-state index in [9.17, 15) is 14.7 Å². The van der Waals surface area contributed by atoms with Crippen LogP contribution in [-0.2, 0) is 11.2 Å². The van der Waals surface area contributed by atoms with Gasteiger partial charge in [0.15, 0.2) is 5.78 Å². The van der Waals surface area contributed by atoms with Gasteiger partial charge in [-0.15, -0.1) is 11.3 Å². The van der Waals surface area contributed by atoms with Gasteiger partial charge in [0, 0.05) is 17.0 Å². The molecular weight excluding hydrogens is 456 g/mol. The minimum atomic E-state index is -0.993. The topological polar surface area (TPSA) is 118 Å². The lowest BCUT2D eigenvalue weighted by molar-refractivity contribution is 0.0535. The average Bonchev–Trinajstić information content (AvgIpc) is 3.32. The number of thiophene rings is 1. The summed E-state index contributed by atoms with van der Waals surface area (Å²) >= 11 is 1.58. The first kappa shape index (κ1) is 25.4. The van der Waals surface area contributed by atoms with Crippen molar-refractivity contribution in [2.24, 2.45) is 0 Å². The second kappa shape index (κ2) is 11.2. The summed E-state index contributed by atoms with van der Waals surface area (Å²) in [4.78, 5) is 30.5. The number of ether oxygens (including phenoxy) is 2. The van der Waals surface area contributed by atoms with E-state index < -0.39 is 24.4 Å². The Bertz CT molecular complexity index is 1110. The number of Topliss-reactive ketones (excluding diaryl/α,β-unsaturated/α-hetero) is 1. The van der Waals surface area contributed by atoms with Gasteiger partial charge >= 0.3 is 6.09 Å². The summed E-state index contributed by atoms with van der Waals surface area (Å²) < 4.78 is 10.7. The van der Waals surface area contributed by atoms with Crippen molar-refractivity contribution in [3.63, 3.8) is 0 Å². The molecule has 3 N–H and O–H groups in total. The number of anilines is 1. The Hall–Kier alpha value is -3.27. The number of carbonyl (C=O) groups excluding carboxylic acids is 2. The number of aromatic nitrogens is 1.